The number of benzene rings is 2. The molecule has 0 atom stereocenters. The second kappa shape index (κ2) is 6.13. The van der Waals surface area contributed by atoms with Gasteiger partial charge in [-0.05, 0) is 45.8 Å². The van der Waals surface area contributed by atoms with Gasteiger partial charge in [0.1, 0.15) is 0 Å². The quantitative estimate of drug-likeness (QED) is 0.806. The summed E-state index contributed by atoms with van der Waals surface area (Å²) in [5.74, 6) is 0. The third-order valence-electron chi connectivity index (χ3n) is 2.71. The van der Waals surface area contributed by atoms with Gasteiger partial charge >= 0.3 is 0 Å². The Kier molecular flexibility index (Phi) is 4.70. The van der Waals surface area contributed by atoms with E-state index in [1.54, 1.807) is 24.3 Å². The summed E-state index contributed by atoms with van der Waals surface area (Å²) in [6, 6.07) is 11.5. The number of halogens is 2. The highest BCUT2D eigenvalue weighted by molar-refractivity contribution is 9.10. The Balaban J connectivity index is 2.19. The smallest absolute Gasteiger partial charge is 0.240 e. The molecule has 2 aromatic carbocycles. The van der Waals surface area contributed by atoms with Crippen LogP contribution in [0.3, 0.4) is 0 Å². The Hall–Kier alpha value is -1.08. The largest absolute Gasteiger partial charge is 0.398 e. The molecule has 0 aliphatic rings. The normalized spacial score (nSPS) is 11.5. The number of nitrogens with two attached hydrogens (primary N) is 1. The van der Waals surface area contributed by atoms with Crippen LogP contribution in [0.25, 0.3) is 0 Å². The van der Waals surface area contributed by atoms with Crippen molar-refractivity contribution in [3.63, 3.8) is 0 Å². The Bertz CT molecular complexity index is 735. The summed E-state index contributed by atoms with van der Waals surface area (Å²) in [5, 5.41) is 0.455. The van der Waals surface area contributed by atoms with E-state index >= 15 is 0 Å². The maximum Gasteiger partial charge on any atom is 0.240 e. The monoisotopic (exact) mass is 374 g/mol. The van der Waals surface area contributed by atoms with Crippen LogP contribution < -0.4 is 10.5 Å². The highest BCUT2D eigenvalue weighted by atomic mass is 79.9. The van der Waals surface area contributed by atoms with Crippen LogP contribution in [0.15, 0.2) is 51.8 Å². The molecule has 3 N–H and O–H groups in total. The van der Waals surface area contributed by atoms with E-state index in [1.807, 2.05) is 0 Å². The summed E-state index contributed by atoms with van der Waals surface area (Å²) in [6.07, 6.45) is 0. The summed E-state index contributed by atoms with van der Waals surface area (Å²) in [5.41, 5.74) is 7.05. The summed E-state index contributed by atoms with van der Waals surface area (Å²) in [7, 11) is -3.61. The molecule has 0 radical (unpaired) electrons. The fourth-order valence-corrected chi connectivity index (χ4v) is 3.28. The first-order chi connectivity index (χ1) is 9.40. The van der Waals surface area contributed by atoms with E-state index in [1.165, 1.54) is 18.2 Å². The molecular weight excluding hydrogens is 364 g/mol. The number of para-hydroxylation sites is 1. The summed E-state index contributed by atoms with van der Waals surface area (Å²) in [4.78, 5) is 0.142. The van der Waals surface area contributed by atoms with E-state index in [0.29, 0.717) is 15.2 Å². The molecule has 0 saturated carbocycles. The molecule has 106 valence electrons. The van der Waals surface area contributed by atoms with Crippen molar-refractivity contribution in [2.75, 3.05) is 5.73 Å². The number of rotatable bonds is 4. The van der Waals surface area contributed by atoms with Crippen LogP contribution in [0, 0.1) is 0 Å². The van der Waals surface area contributed by atoms with Crippen molar-refractivity contribution in [3.8, 4) is 0 Å². The molecule has 0 aliphatic heterocycles. The molecule has 4 nitrogen and oxygen atoms in total. The average molecular weight is 376 g/mol. The highest BCUT2D eigenvalue weighted by Gasteiger charge is 2.15. The van der Waals surface area contributed by atoms with Crippen LogP contribution in [0.5, 0.6) is 0 Å². The summed E-state index contributed by atoms with van der Waals surface area (Å²) in [6.45, 7) is 0.134. The predicted molar refractivity (Wildman–Crippen MR) is 84.0 cm³/mol. The van der Waals surface area contributed by atoms with Crippen molar-refractivity contribution < 1.29 is 8.42 Å². The summed E-state index contributed by atoms with van der Waals surface area (Å²) < 4.78 is 27.4. The lowest BCUT2D eigenvalue weighted by molar-refractivity contribution is 0.581. The van der Waals surface area contributed by atoms with Gasteiger partial charge in [-0.2, -0.15) is 0 Å². The lowest BCUT2D eigenvalue weighted by atomic mass is 10.2. The van der Waals surface area contributed by atoms with Crippen LogP contribution in [-0.2, 0) is 16.6 Å². The van der Waals surface area contributed by atoms with Crippen molar-refractivity contribution in [2.24, 2.45) is 0 Å². The Morgan fingerprint density at radius 1 is 1.20 bits per heavy atom. The molecule has 2 rings (SSSR count). The number of hydrogen-bond donors (Lipinski definition) is 2. The SMILES string of the molecule is Nc1ccccc1CNS(=O)(=O)c1ccc(Cl)c(Br)c1. The van der Waals surface area contributed by atoms with Gasteiger partial charge in [-0.15, -0.1) is 0 Å². The van der Waals surface area contributed by atoms with Gasteiger partial charge < -0.3 is 5.73 Å². The van der Waals surface area contributed by atoms with Crippen molar-refractivity contribution in [1.29, 1.82) is 0 Å². The topological polar surface area (TPSA) is 72.2 Å². The van der Waals surface area contributed by atoms with Crippen LogP contribution in [-0.4, -0.2) is 8.42 Å². The standard InChI is InChI=1S/C13H12BrClN2O2S/c14-11-7-10(5-6-12(11)15)20(18,19)17-8-9-3-1-2-4-13(9)16/h1-7,17H,8,16H2. The first-order valence-electron chi connectivity index (χ1n) is 5.68. The van der Waals surface area contributed by atoms with Gasteiger partial charge in [0.25, 0.3) is 0 Å². The van der Waals surface area contributed by atoms with Crippen LogP contribution in [0.2, 0.25) is 5.02 Å². The average Bonchev–Trinajstić information content (AvgIpc) is 2.41. The molecule has 0 spiro atoms. The minimum Gasteiger partial charge on any atom is -0.398 e. The first kappa shape index (κ1) is 15.3. The van der Waals surface area contributed by atoms with Crippen LogP contribution in [0.1, 0.15) is 5.56 Å². The van der Waals surface area contributed by atoms with E-state index < -0.39 is 10.0 Å². The van der Waals surface area contributed by atoms with Crippen molar-refractivity contribution in [1.82, 2.24) is 4.72 Å². The second-order valence-electron chi connectivity index (χ2n) is 4.10. The number of nitrogen functional groups attached to an aromatic ring is 1. The second-order valence-corrected chi connectivity index (χ2v) is 7.13. The van der Waals surface area contributed by atoms with E-state index in [9.17, 15) is 8.42 Å². The fraction of sp³-hybridized carbons (Fsp3) is 0.0769. The molecular formula is C13H12BrClN2O2S. The zero-order valence-electron chi connectivity index (χ0n) is 10.3. The minimum absolute atomic E-state index is 0.134. The number of nitrogens with one attached hydrogen (secondary N) is 1. The molecule has 2 aromatic rings. The van der Waals surface area contributed by atoms with Gasteiger partial charge in [-0.3, -0.25) is 0 Å². The maximum absolute atomic E-state index is 12.2. The van der Waals surface area contributed by atoms with Gasteiger partial charge in [0.15, 0.2) is 0 Å². The van der Waals surface area contributed by atoms with E-state index in [4.69, 9.17) is 17.3 Å². The molecule has 0 heterocycles. The van der Waals surface area contributed by atoms with E-state index in [-0.39, 0.29) is 11.4 Å². The van der Waals surface area contributed by atoms with E-state index in [2.05, 4.69) is 20.7 Å². The Morgan fingerprint density at radius 2 is 1.90 bits per heavy atom. The van der Waals surface area contributed by atoms with Crippen molar-refractivity contribution in [3.05, 3.63) is 57.5 Å². The molecule has 0 aliphatic carbocycles. The lowest BCUT2D eigenvalue weighted by Gasteiger charge is -2.09. The molecule has 0 fully saturated rings. The number of hydrogen-bond acceptors (Lipinski definition) is 3. The maximum atomic E-state index is 12.2. The minimum atomic E-state index is -3.61. The molecule has 7 heteroatoms. The molecule has 0 aromatic heterocycles. The summed E-state index contributed by atoms with van der Waals surface area (Å²) >= 11 is 9.05. The third-order valence-corrected chi connectivity index (χ3v) is 5.32. The Labute approximate surface area is 131 Å². The zero-order valence-corrected chi connectivity index (χ0v) is 13.5. The predicted octanol–water partition coefficient (Wildman–Crippen LogP) is 3.16. The molecule has 0 amide bonds. The van der Waals surface area contributed by atoms with Gasteiger partial charge in [0, 0.05) is 16.7 Å². The van der Waals surface area contributed by atoms with Crippen LogP contribution in [0.4, 0.5) is 5.69 Å². The zero-order chi connectivity index (χ0) is 14.8. The van der Waals surface area contributed by atoms with Gasteiger partial charge in [0.2, 0.25) is 10.0 Å². The fourth-order valence-electron chi connectivity index (χ4n) is 1.60. The van der Waals surface area contributed by atoms with E-state index in [0.717, 1.165) is 5.56 Å². The third kappa shape index (κ3) is 3.52. The van der Waals surface area contributed by atoms with Gasteiger partial charge in [-0.1, -0.05) is 29.8 Å². The van der Waals surface area contributed by atoms with Gasteiger partial charge in [0.05, 0.1) is 9.92 Å². The molecule has 0 bridgehead atoms. The number of anilines is 1. The van der Waals surface area contributed by atoms with Crippen molar-refractivity contribution >= 4 is 43.2 Å². The Morgan fingerprint density at radius 3 is 2.55 bits per heavy atom. The molecule has 0 saturated heterocycles. The molecule has 20 heavy (non-hydrogen) atoms. The van der Waals surface area contributed by atoms with Crippen LogP contribution >= 0.6 is 27.5 Å². The highest BCUT2D eigenvalue weighted by Crippen LogP contribution is 2.25. The first-order valence-corrected chi connectivity index (χ1v) is 8.33. The van der Waals surface area contributed by atoms with Gasteiger partial charge in [-0.25, -0.2) is 13.1 Å². The number of sulfonamides is 1. The van der Waals surface area contributed by atoms with Crippen molar-refractivity contribution in [2.45, 2.75) is 11.4 Å². The molecule has 0 unspecified atom stereocenters. The lowest BCUT2D eigenvalue weighted by Crippen LogP contribution is -2.23.